The third-order valence-corrected chi connectivity index (χ3v) is 2.66. The van der Waals surface area contributed by atoms with Crippen LogP contribution in [-0.4, -0.2) is 11.3 Å². The Morgan fingerprint density at radius 1 is 1.36 bits per heavy atom. The maximum Gasteiger partial charge on any atom is 0.441 e. The molecular weight excluding hydrogens is 209 g/mol. The van der Waals surface area contributed by atoms with E-state index in [4.69, 9.17) is 6.42 Å². The van der Waals surface area contributed by atoms with Crippen molar-refractivity contribution in [2.24, 2.45) is 5.92 Å². The van der Waals surface area contributed by atoms with Crippen molar-refractivity contribution < 1.29 is 13.2 Å². The molecule has 1 unspecified atom stereocenters. The highest BCUT2D eigenvalue weighted by Crippen LogP contribution is 2.31. The van der Waals surface area contributed by atoms with Crippen molar-refractivity contribution in [3.8, 4) is 12.3 Å². The summed E-state index contributed by atoms with van der Waals surface area (Å²) in [6.45, 7) is 2.02. The van der Waals surface area contributed by atoms with Gasteiger partial charge in [0.25, 0.3) is 0 Å². The Hall–Kier alpha value is -0.300. The highest BCUT2D eigenvalue weighted by atomic mass is 32.2. The molecule has 0 aliphatic heterocycles. The predicted molar refractivity (Wildman–Crippen MR) is 55.0 cm³/mol. The molecular formula is C10H15F3S. The molecule has 0 nitrogen and oxygen atoms in total. The Bertz CT molecular complexity index is 181. The molecule has 4 heteroatoms. The van der Waals surface area contributed by atoms with E-state index in [1.165, 1.54) is 0 Å². The molecule has 1 atom stereocenters. The van der Waals surface area contributed by atoms with Crippen LogP contribution in [0.1, 0.15) is 32.6 Å². The summed E-state index contributed by atoms with van der Waals surface area (Å²) < 4.78 is 35.2. The number of halogens is 3. The maximum absolute atomic E-state index is 11.7. The van der Waals surface area contributed by atoms with E-state index in [1.807, 2.05) is 6.92 Å². The van der Waals surface area contributed by atoms with Gasteiger partial charge in [-0.15, -0.1) is 12.3 Å². The largest absolute Gasteiger partial charge is 0.441 e. The number of alkyl halides is 3. The molecule has 0 heterocycles. The maximum atomic E-state index is 11.7. The molecule has 0 aliphatic rings. The van der Waals surface area contributed by atoms with E-state index in [2.05, 4.69) is 5.92 Å². The van der Waals surface area contributed by atoms with E-state index in [0.29, 0.717) is 12.8 Å². The third-order valence-electron chi connectivity index (χ3n) is 1.84. The Kier molecular flexibility index (Phi) is 6.90. The van der Waals surface area contributed by atoms with Crippen LogP contribution in [0.5, 0.6) is 0 Å². The van der Waals surface area contributed by atoms with Gasteiger partial charge in [0.1, 0.15) is 0 Å². The lowest BCUT2D eigenvalue weighted by molar-refractivity contribution is -0.0328. The van der Waals surface area contributed by atoms with E-state index < -0.39 is 5.51 Å². The highest BCUT2D eigenvalue weighted by molar-refractivity contribution is 8.00. The second-order valence-corrected chi connectivity index (χ2v) is 4.25. The molecule has 0 N–H and O–H groups in total. The summed E-state index contributed by atoms with van der Waals surface area (Å²) in [4.78, 5) is 0. The van der Waals surface area contributed by atoms with Crippen molar-refractivity contribution in [1.82, 2.24) is 0 Å². The molecule has 0 saturated heterocycles. The number of thioether (sulfide) groups is 1. The minimum Gasteiger partial charge on any atom is -0.160 e. The van der Waals surface area contributed by atoms with Crippen molar-refractivity contribution in [1.29, 1.82) is 0 Å². The molecule has 0 radical (unpaired) electrons. The third kappa shape index (κ3) is 8.31. The molecule has 0 rings (SSSR count). The van der Waals surface area contributed by atoms with Crippen LogP contribution in [0.25, 0.3) is 0 Å². The average Bonchev–Trinajstić information content (AvgIpc) is 2.08. The van der Waals surface area contributed by atoms with Crippen molar-refractivity contribution >= 4 is 11.8 Å². The van der Waals surface area contributed by atoms with Crippen LogP contribution in [-0.2, 0) is 0 Å². The molecule has 0 amide bonds. The fraction of sp³-hybridized carbons (Fsp3) is 0.800. The van der Waals surface area contributed by atoms with E-state index >= 15 is 0 Å². The minimum atomic E-state index is -4.10. The van der Waals surface area contributed by atoms with Gasteiger partial charge in [-0.25, -0.2) is 0 Å². The Morgan fingerprint density at radius 2 is 2.00 bits per heavy atom. The number of hydrogen-bond acceptors (Lipinski definition) is 1. The van der Waals surface area contributed by atoms with E-state index in [1.54, 1.807) is 0 Å². The van der Waals surface area contributed by atoms with E-state index in [9.17, 15) is 13.2 Å². The second-order valence-electron chi connectivity index (χ2n) is 3.09. The minimum absolute atomic E-state index is 0.0355. The average molecular weight is 224 g/mol. The van der Waals surface area contributed by atoms with Crippen LogP contribution >= 0.6 is 11.8 Å². The summed E-state index contributed by atoms with van der Waals surface area (Å²) in [5.41, 5.74) is -4.10. The molecule has 0 aromatic heterocycles. The highest BCUT2D eigenvalue weighted by Gasteiger charge is 2.27. The molecule has 0 fully saturated rings. The fourth-order valence-electron chi connectivity index (χ4n) is 1.18. The summed E-state index contributed by atoms with van der Waals surface area (Å²) in [5.74, 6) is 2.87. The quantitative estimate of drug-likeness (QED) is 0.484. The summed E-state index contributed by atoms with van der Waals surface area (Å²) in [6, 6.07) is 0. The van der Waals surface area contributed by atoms with Crippen molar-refractivity contribution in [2.45, 2.75) is 38.1 Å². The summed E-state index contributed by atoms with van der Waals surface area (Å²) in [6.07, 6.45) is 8.39. The molecule has 0 spiro atoms. The van der Waals surface area contributed by atoms with E-state index in [0.717, 1.165) is 12.8 Å². The lowest BCUT2D eigenvalue weighted by Crippen LogP contribution is -2.03. The lowest BCUT2D eigenvalue weighted by atomic mass is 10.00. The molecule has 0 aromatic rings. The normalized spacial score (nSPS) is 13.6. The van der Waals surface area contributed by atoms with Gasteiger partial charge >= 0.3 is 5.51 Å². The Morgan fingerprint density at radius 3 is 2.43 bits per heavy atom. The zero-order valence-corrected chi connectivity index (χ0v) is 9.05. The fourth-order valence-corrected chi connectivity index (χ4v) is 1.72. The SMILES string of the molecule is C#CC(CCC)CCCSC(F)(F)F. The van der Waals surface area contributed by atoms with Crippen LogP contribution in [0, 0.1) is 18.3 Å². The van der Waals surface area contributed by atoms with Crippen LogP contribution in [0.2, 0.25) is 0 Å². The zero-order chi connectivity index (χ0) is 11.0. The van der Waals surface area contributed by atoms with Gasteiger partial charge in [0.15, 0.2) is 0 Å². The van der Waals surface area contributed by atoms with Gasteiger partial charge in [-0.3, -0.25) is 0 Å². The standard InChI is InChI=1S/C10H15F3S/c1-3-6-9(4-2)7-5-8-14-10(11,12)13/h2,9H,3,5-8H2,1H3. The van der Waals surface area contributed by atoms with Crippen molar-refractivity contribution in [3.63, 3.8) is 0 Å². The Balaban J connectivity index is 3.48. The zero-order valence-electron chi connectivity index (χ0n) is 8.23. The van der Waals surface area contributed by atoms with E-state index in [-0.39, 0.29) is 23.4 Å². The van der Waals surface area contributed by atoms with Gasteiger partial charge in [0.2, 0.25) is 0 Å². The van der Waals surface area contributed by atoms with Gasteiger partial charge in [-0.2, -0.15) is 13.2 Å². The monoisotopic (exact) mass is 224 g/mol. The summed E-state index contributed by atoms with van der Waals surface area (Å²) in [5, 5.41) is 0. The molecule has 14 heavy (non-hydrogen) atoms. The molecule has 0 saturated carbocycles. The summed E-state index contributed by atoms with van der Waals surface area (Å²) >= 11 is 0.0355. The molecule has 0 bridgehead atoms. The molecule has 0 aromatic carbocycles. The molecule has 82 valence electrons. The first-order valence-corrected chi connectivity index (χ1v) is 5.65. The smallest absolute Gasteiger partial charge is 0.160 e. The predicted octanol–water partition coefficient (Wildman–Crippen LogP) is 4.07. The van der Waals surface area contributed by atoms with Crippen molar-refractivity contribution in [3.05, 3.63) is 0 Å². The van der Waals surface area contributed by atoms with Gasteiger partial charge in [0.05, 0.1) is 0 Å². The number of hydrogen-bond donors (Lipinski definition) is 0. The van der Waals surface area contributed by atoms with Gasteiger partial charge in [0, 0.05) is 11.7 Å². The van der Waals surface area contributed by atoms with Crippen LogP contribution in [0.15, 0.2) is 0 Å². The van der Waals surface area contributed by atoms with Crippen LogP contribution in [0.4, 0.5) is 13.2 Å². The Labute approximate surface area is 87.6 Å². The first-order valence-electron chi connectivity index (χ1n) is 4.66. The van der Waals surface area contributed by atoms with Crippen LogP contribution in [0.3, 0.4) is 0 Å². The first-order chi connectivity index (χ1) is 6.49. The summed E-state index contributed by atoms with van der Waals surface area (Å²) in [7, 11) is 0. The van der Waals surface area contributed by atoms with Crippen molar-refractivity contribution in [2.75, 3.05) is 5.75 Å². The number of rotatable bonds is 6. The number of terminal acetylenes is 1. The second kappa shape index (κ2) is 7.05. The van der Waals surface area contributed by atoms with Gasteiger partial charge < -0.3 is 0 Å². The van der Waals surface area contributed by atoms with Crippen LogP contribution < -0.4 is 0 Å². The van der Waals surface area contributed by atoms with Gasteiger partial charge in [-0.1, -0.05) is 25.1 Å². The molecule has 0 aliphatic carbocycles. The van der Waals surface area contributed by atoms with Gasteiger partial charge in [-0.05, 0) is 19.3 Å². The topological polar surface area (TPSA) is 0 Å². The first kappa shape index (κ1) is 13.7. The lowest BCUT2D eigenvalue weighted by Gasteiger charge is -2.09.